The number of anilines is 1. The van der Waals surface area contributed by atoms with Crippen LogP contribution in [0.1, 0.15) is 42.1 Å². The van der Waals surface area contributed by atoms with Crippen molar-refractivity contribution in [2.24, 2.45) is 0 Å². The predicted octanol–water partition coefficient (Wildman–Crippen LogP) is 4.60. The van der Waals surface area contributed by atoms with E-state index < -0.39 is 23.7 Å². The van der Waals surface area contributed by atoms with E-state index in [9.17, 15) is 23.9 Å². The summed E-state index contributed by atoms with van der Waals surface area (Å²) in [6.07, 6.45) is 3.37. The number of halogens is 1. The Bertz CT molecular complexity index is 1100. The van der Waals surface area contributed by atoms with Crippen molar-refractivity contribution in [3.05, 3.63) is 70.4 Å². The largest absolute Gasteiger partial charge is 0.480 e. The maximum atomic E-state index is 13.5. The van der Waals surface area contributed by atoms with Gasteiger partial charge in [0.2, 0.25) is 0 Å². The van der Waals surface area contributed by atoms with Crippen molar-refractivity contribution < 1.29 is 23.9 Å². The van der Waals surface area contributed by atoms with Gasteiger partial charge in [-0.3, -0.25) is 14.5 Å². The van der Waals surface area contributed by atoms with Gasteiger partial charge >= 0.3 is 5.97 Å². The van der Waals surface area contributed by atoms with Crippen molar-refractivity contribution in [1.29, 1.82) is 0 Å². The Morgan fingerprint density at radius 1 is 1.25 bits per heavy atom. The number of hydrogen-bond acceptors (Lipinski definition) is 5. The van der Waals surface area contributed by atoms with Gasteiger partial charge in [0, 0.05) is 5.56 Å². The molecule has 1 saturated heterocycles. The van der Waals surface area contributed by atoms with E-state index in [4.69, 9.17) is 12.2 Å². The summed E-state index contributed by atoms with van der Waals surface area (Å²) in [6, 6.07) is 11.1. The Morgan fingerprint density at radius 3 is 2.69 bits per heavy atom. The third kappa shape index (κ3) is 5.60. The number of hydrogen-bond donors (Lipinski definition) is 2. The lowest BCUT2D eigenvalue weighted by Crippen LogP contribution is -2.40. The summed E-state index contributed by atoms with van der Waals surface area (Å²) in [5.74, 6) is -2.43. The first-order chi connectivity index (χ1) is 15.3. The van der Waals surface area contributed by atoms with E-state index in [0.29, 0.717) is 29.0 Å². The van der Waals surface area contributed by atoms with Gasteiger partial charge in [-0.2, -0.15) is 0 Å². The Morgan fingerprint density at radius 2 is 2.00 bits per heavy atom. The first-order valence-electron chi connectivity index (χ1n) is 9.97. The molecule has 2 N–H and O–H groups in total. The zero-order valence-corrected chi connectivity index (χ0v) is 18.8. The zero-order chi connectivity index (χ0) is 23.3. The van der Waals surface area contributed by atoms with Gasteiger partial charge in [-0.05, 0) is 48.4 Å². The number of unbranched alkanes of at least 4 members (excludes halogenated alkanes) is 1. The molecular formula is C23H21FN2O4S2. The second-order valence-electron chi connectivity index (χ2n) is 7.13. The summed E-state index contributed by atoms with van der Waals surface area (Å²) >= 11 is 6.44. The van der Waals surface area contributed by atoms with Crippen molar-refractivity contribution in [2.45, 2.75) is 32.2 Å². The lowest BCUT2D eigenvalue weighted by Gasteiger charge is -2.17. The lowest BCUT2D eigenvalue weighted by atomic mass is 10.1. The SMILES string of the molecule is CCCCC(NC(=O)c1cccc(N2C(=O)/C(=C/c3cccc(F)c3)SC2=S)c1)C(=O)O. The molecule has 0 spiro atoms. The van der Waals surface area contributed by atoms with Crippen LogP contribution in [0.25, 0.3) is 6.08 Å². The highest BCUT2D eigenvalue weighted by Crippen LogP contribution is 2.36. The van der Waals surface area contributed by atoms with E-state index in [0.717, 1.165) is 18.2 Å². The lowest BCUT2D eigenvalue weighted by molar-refractivity contribution is -0.139. The van der Waals surface area contributed by atoms with Crippen molar-refractivity contribution in [3.8, 4) is 0 Å². The third-order valence-electron chi connectivity index (χ3n) is 4.76. The van der Waals surface area contributed by atoms with Crippen LogP contribution in [-0.4, -0.2) is 33.3 Å². The van der Waals surface area contributed by atoms with Crippen LogP contribution < -0.4 is 10.2 Å². The minimum atomic E-state index is -1.10. The van der Waals surface area contributed by atoms with Crippen LogP contribution in [0, 0.1) is 5.82 Å². The van der Waals surface area contributed by atoms with Gasteiger partial charge < -0.3 is 10.4 Å². The van der Waals surface area contributed by atoms with Gasteiger partial charge in [0.1, 0.15) is 11.9 Å². The molecule has 6 nitrogen and oxygen atoms in total. The Kier molecular flexibility index (Phi) is 7.76. The van der Waals surface area contributed by atoms with Crippen LogP contribution in [-0.2, 0) is 9.59 Å². The summed E-state index contributed by atoms with van der Waals surface area (Å²) < 4.78 is 13.7. The first-order valence-corrected chi connectivity index (χ1v) is 11.2. The van der Waals surface area contributed by atoms with Crippen LogP contribution in [0.4, 0.5) is 10.1 Å². The van der Waals surface area contributed by atoms with E-state index in [2.05, 4.69) is 5.32 Å². The number of carbonyl (C=O) groups excluding carboxylic acids is 2. The molecule has 0 aromatic heterocycles. The third-order valence-corrected chi connectivity index (χ3v) is 6.06. The number of nitrogens with zero attached hydrogens (tertiary/aromatic N) is 1. The highest BCUT2D eigenvalue weighted by molar-refractivity contribution is 8.27. The molecule has 1 fully saturated rings. The Labute approximate surface area is 194 Å². The number of aliphatic carboxylic acids is 1. The molecule has 1 aliphatic rings. The molecule has 2 aromatic carbocycles. The number of nitrogens with one attached hydrogen (secondary N) is 1. The summed E-state index contributed by atoms with van der Waals surface area (Å²) in [5.41, 5.74) is 1.14. The van der Waals surface area contributed by atoms with Gasteiger partial charge in [0.15, 0.2) is 4.32 Å². The second-order valence-corrected chi connectivity index (χ2v) is 8.80. The fraction of sp³-hybridized carbons (Fsp3) is 0.217. The van der Waals surface area contributed by atoms with Crippen LogP contribution in [0.5, 0.6) is 0 Å². The van der Waals surface area contributed by atoms with Gasteiger partial charge in [-0.15, -0.1) is 0 Å². The van der Waals surface area contributed by atoms with Crippen molar-refractivity contribution in [1.82, 2.24) is 5.32 Å². The summed E-state index contributed by atoms with van der Waals surface area (Å²) in [6.45, 7) is 1.94. The highest BCUT2D eigenvalue weighted by atomic mass is 32.2. The van der Waals surface area contributed by atoms with E-state index in [1.54, 1.807) is 30.3 Å². The summed E-state index contributed by atoms with van der Waals surface area (Å²) in [7, 11) is 0. The topological polar surface area (TPSA) is 86.7 Å². The minimum Gasteiger partial charge on any atom is -0.480 e. The Balaban J connectivity index is 1.81. The first kappa shape index (κ1) is 23.6. The van der Waals surface area contributed by atoms with Gasteiger partial charge in [-0.25, -0.2) is 9.18 Å². The smallest absolute Gasteiger partial charge is 0.326 e. The number of carboxylic acids is 1. The number of rotatable bonds is 8. The molecule has 2 amide bonds. The van der Waals surface area contributed by atoms with Gasteiger partial charge in [-0.1, -0.05) is 61.9 Å². The molecule has 0 radical (unpaired) electrons. The number of amides is 2. The van der Waals surface area contributed by atoms with E-state index in [1.165, 1.54) is 29.2 Å². The van der Waals surface area contributed by atoms with Crippen LogP contribution in [0.3, 0.4) is 0 Å². The predicted molar refractivity (Wildman–Crippen MR) is 127 cm³/mol. The number of benzene rings is 2. The quantitative estimate of drug-likeness (QED) is 0.431. The van der Waals surface area contributed by atoms with E-state index >= 15 is 0 Å². The normalized spacial score (nSPS) is 15.8. The number of carboxylic acid groups (broad SMARTS) is 1. The monoisotopic (exact) mass is 472 g/mol. The molecule has 2 aromatic rings. The van der Waals surface area contributed by atoms with Crippen LogP contribution >= 0.6 is 24.0 Å². The molecular weight excluding hydrogens is 451 g/mol. The summed E-state index contributed by atoms with van der Waals surface area (Å²) in [5, 5.41) is 11.9. The minimum absolute atomic E-state index is 0.216. The highest BCUT2D eigenvalue weighted by Gasteiger charge is 2.33. The average Bonchev–Trinajstić information content (AvgIpc) is 3.03. The fourth-order valence-electron chi connectivity index (χ4n) is 3.13. The van der Waals surface area contributed by atoms with Gasteiger partial charge in [0.05, 0.1) is 10.6 Å². The number of thioether (sulfide) groups is 1. The molecule has 0 bridgehead atoms. The second kappa shape index (κ2) is 10.5. The molecule has 1 aliphatic heterocycles. The van der Waals surface area contributed by atoms with E-state index in [1.807, 2.05) is 6.92 Å². The van der Waals surface area contributed by atoms with Crippen molar-refractivity contribution in [3.63, 3.8) is 0 Å². The van der Waals surface area contributed by atoms with Crippen molar-refractivity contribution in [2.75, 3.05) is 4.90 Å². The fourth-order valence-corrected chi connectivity index (χ4v) is 4.43. The maximum absolute atomic E-state index is 13.5. The van der Waals surface area contributed by atoms with E-state index in [-0.39, 0.29) is 15.8 Å². The van der Waals surface area contributed by atoms with Crippen LogP contribution in [0.15, 0.2) is 53.4 Å². The number of thiocarbonyl (C=S) groups is 1. The standard InChI is InChI=1S/C23H21FN2O4S2/c1-2-3-10-18(22(29)30)25-20(27)15-7-5-9-17(13-15)26-21(28)19(32-23(26)31)12-14-6-4-8-16(24)11-14/h4-9,11-13,18H,2-3,10H2,1H3,(H,25,27)(H,29,30)/b19-12-. The average molecular weight is 473 g/mol. The zero-order valence-electron chi connectivity index (χ0n) is 17.2. The molecule has 3 rings (SSSR count). The number of carbonyl (C=O) groups is 3. The Hall–Kier alpha value is -3.04. The maximum Gasteiger partial charge on any atom is 0.326 e. The summed E-state index contributed by atoms with van der Waals surface area (Å²) in [4.78, 5) is 38.6. The molecule has 9 heteroatoms. The molecule has 1 atom stereocenters. The molecule has 0 aliphatic carbocycles. The van der Waals surface area contributed by atoms with Gasteiger partial charge in [0.25, 0.3) is 11.8 Å². The van der Waals surface area contributed by atoms with Crippen LogP contribution in [0.2, 0.25) is 0 Å². The molecule has 1 heterocycles. The molecule has 0 saturated carbocycles. The molecule has 166 valence electrons. The molecule has 1 unspecified atom stereocenters. The van der Waals surface area contributed by atoms with Crippen molar-refractivity contribution >= 4 is 57.8 Å². The molecule has 32 heavy (non-hydrogen) atoms.